The summed E-state index contributed by atoms with van der Waals surface area (Å²) in [5, 5.41) is 26.4. The minimum atomic E-state index is -5.21. The van der Waals surface area contributed by atoms with Crippen molar-refractivity contribution in [2.75, 3.05) is 31.6 Å². The number of nitrogens with zero attached hydrogens (tertiary/aromatic N) is 4. The third-order valence-electron chi connectivity index (χ3n) is 6.82. The lowest BCUT2D eigenvalue weighted by atomic mass is 9.87. The Morgan fingerprint density at radius 3 is 2.48 bits per heavy atom. The van der Waals surface area contributed by atoms with E-state index in [1.54, 1.807) is 0 Å². The number of anilines is 1. The number of carbonyl (C=O) groups is 2. The predicted molar refractivity (Wildman–Crippen MR) is 174 cm³/mol. The number of hydrogen-bond acceptors (Lipinski definition) is 14. The average molecular weight is 781 g/mol. The number of aliphatic hydroxyl groups excluding tert-OH is 2. The minimum absolute atomic E-state index is 0.00920. The molecule has 26 heteroatoms. The molecule has 2 aromatic heterocycles. The quantitative estimate of drug-likeness (QED) is 0.0908. The molecule has 0 saturated carbocycles. The van der Waals surface area contributed by atoms with Crippen LogP contribution in [0.4, 0.5) is 5.82 Å². The van der Waals surface area contributed by atoms with Crippen molar-refractivity contribution in [1.82, 2.24) is 30.2 Å². The Hall–Kier alpha value is -1.52. The van der Waals surface area contributed by atoms with Gasteiger partial charge in [-0.05, 0) is 14.7 Å². The van der Waals surface area contributed by atoms with Crippen LogP contribution in [0.25, 0.3) is 11.2 Å². The third kappa shape index (κ3) is 11.5. The van der Waals surface area contributed by atoms with E-state index in [4.69, 9.17) is 19.5 Å². The lowest BCUT2D eigenvalue weighted by molar-refractivity contribution is -0.136. The molecule has 1 aliphatic rings. The number of aliphatic hydroxyl groups is 2. The third-order valence-corrected chi connectivity index (χ3v) is 22.0. The molecular formula is C22H40N7O14P5. The highest BCUT2D eigenvalue weighted by Crippen LogP contribution is 2.87. The minimum Gasteiger partial charge on any atom is -0.386 e. The molecule has 9 atom stereocenters. The molecular weight excluding hydrogens is 741 g/mol. The number of nitrogens with two attached hydrogens (primary N) is 1. The highest BCUT2D eigenvalue weighted by molar-refractivity contribution is 8.68. The SMILES string of the molecule is CCCNC(=O)CCNC(=O)C(O)C(C)(C)COP(=O)(O)PP(=O)(O)PCC1OC(n2cnc3c(N)ncnc32)C(O)C1OP(=O)(O)O. The van der Waals surface area contributed by atoms with E-state index in [1.807, 2.05) is 6.92 Å². The number of phosphoric acid groups is 1. The van der Waals surface area contributed by atoms with Crippen molar-refractivity contribution in [3.8, 4) is 0 Å². The molecule has 1 saturated heterocycles. The second-order valence-corrected chi connectivity index (χ2v) is 25.9. The second-order valence-electron chi connectivity index (χ2n) is 11.3. The molecule has 1 fully saturated rings. The molecule has 48 heavy (non-hydrogen) atoms. The number of fused-ring (bicyclic) bond motifs is 1. The van der Waals surface area contributed by atoms with E-state index in [2.05, 4.69) is 25.6 Å². The Balaban J connectivity index is 1.61. The number of amides is 2. The van der Waals surface area contributed by atoms with E-state index >= 15 is 0 Å². The van der Waals surface area contributed by atoms with Crippen LogP contribution in [0, 0.1) is 5.41 Å². The number of ether oxygens (including phenoxy) is 1. The van der Waals surface area contributed by atoms with Gasteiger partial charge in [0.15, 0.2) is 17.7 Å². The van der Waals surface area contributed by atoms with Gasteiger partial charge in [-0.25, -0.2) is 19.5 Å². The molecule has 1 aliphatic heterocycles. The summed E-state index contributed by atoms with van der Waals surface area (Å²) in [6, 6.07) is 0. The van der Waals surface area contributed by atoms with Crippen molar-refractivity contribution in [3.63, 3.8) is 0 Å². The predicted octanol–water partition coefficient (Wildman–Crippen LogP) is 0.139. The number of hydrogen-bond donors (Lipinski definition) is 9. The van der Waals surface area contributed by atoms with Gasteiger partial charge in [0.05, 0.1) is 27.0 Å². The molecule has 3 heterocycles. The van der Waals surface area contributed by atoms with Crippen LogP contribution in [0.1, 0.15) is 39.8 Å². The Morgan fingerprint density at radius 2 is 1.83 bits per heavy atom. The summed E-state index contributed by atoms with van der Waals surface area (Å²) >= 11 is 0. The topological polar surface area (TPSA) is 328 Å². The van der Waals surface area contributed by atoms with Crippen molar-refractivity contribution >= 4 is 66.9 Å². The first kappa shape index (κ1) is 40.9. The van der Waals surface area contributed by atoms with Gasteiger partial charge in [-0.3, -0.25) is 27.8 Å². The number of carbonyl (C=O) groups excluding carboxylic acids is 2. The number of nitrogens with one attached hydrogen (secondary N) is 2. The fourth-order valence-corrected chi connectivity index (χ4v) is 19.9. The number of imidazole rings is 1. The van der Waals surface area contributed by atoms with Crippen molar-refractivity contribution in [1.29, 1.82) is 0 Å². The first-order valence-electron chi connectivity index (χ1n) is 14.2. The summed E-state index contributed by atoms with van der Waals surface area (Å²) < 4.78 is 54.3. The van der Waals surface area contributed by atoms with Crippen molar-refractivity contribution < 1.29 is 66.9 Å². The zero-order chi connectivity index (χ0) is 36.1. The molecule has 0 spiro atoms. The number of nitrogen functional groups attached to an aromatic ring is 1. The van der Waals surface area contributed by atoms with Crippen molar-refractivity contribution in [3.05, 3.63) is 12.7 Å². The average Bonchev–Trinajstić information content (AvgIpc) is 3.54. The van der Waals surface area contributed by atoms with Gasteiger partial charge < -0.3 is 55.4 Å². The lowest BCUT2D eigenvalue weighted by Gasteiger charge is -2.30. The molecule has 2 aromatic rings. The normalized spacial score (nSPS) is 23.9. The van der Waals surface area contributed by atoms with E-state index < -0.39 is 92.8 Å². The highest BCUT2D eigenvalue weighted by Gasteiger charge is 2.49. The molecule has 0 aromatic carbocycles. The molecule has 0 radical (unpaired) electrons. The molecule has 0 aliphatic carbocycles. The molecule has 2 amide bonds. The largest absolute Gasteiger partial charge is 0.470 e. The summed E-state index contributed by atoms with van der Waals surface area (Å²) in [7, 11) is -12.6. The second kappa shape index (κ2) is 16.7. The maximum absolute atomic E-state index is 13.1. The van der Waals surface area contributed by atoms with Gasteiger partial charge in [0.25, 0.3) is 0 Å². The standard InChI is InChI=1S/C22H40N7O14P5/c1-4-6-24-13(30)5-7-25-20(33)17(32)22(2,3)9-41-47(37,38)45-48(39,40)44-8-12-16(43-46(34,35)36)15(31)21(42-12)29-11-28-14-18(23)26-10-27-19(14)29/h10-12,15-17,21,31-32,44-45H,4-9H2,1-3H3,(H,24,30)(H,25,33)(H,37,38)(H,39,40)(H2,23,26,27)(H2,34,35,36). The lowest BCUT2D eigenvalue weighted by Crippen LogP contribution is -2.46. The summed E-state index contributed by atoms with van der Waals surface area (Å²) in [5.41, 5.74) is 4.60. The zero-order valence-electron chi connectivity index (χ0n) is 25.9. The monoisotopic (exact) mass is 781 g/mol. The molecule has 3 rings (SSSR count). The van der Waals surface area contributed by atoms with Gasteiger partial charge in [-0.2, -0.15) is 0 Å². The maximum atomic E-state index is 13.1. The van der Waals surface area contributed by atoms with Gasteiger partial charge >= 0.3 is 15.1 Å². The summed E-state index contributed by atoms with van der Waals surface area (Å²) in [6.45, 7) is -0.146. The molecule has 9 unspecified atom stereocenters. The summed E-state index contributed by atoms with van der Waals surface area (Å²) in [6.07, 6.45) is -5.38. The van der Waals surface area contributed by atoms with Crippen LogP contribution < -0.4 is 16.4 Å². The van der Waals surface area contributed by atoms with E-state index in [-0.39, 0.29) is 35.9 Å². The number of rotatable bonds is 18. The van der Waals surface area contributed by atoms with E-state index in [9.17, 15) is 53.1 Å². The number of phosphoric ester groups is 1. The van der Waals surface area contributed by atoms with Crippen LogP contribution in [0.2, 0.25) is 0 Å². The Morgan fingerprint density at radius 1 is 1.15 bits per heavy atom. The van der Waals surface area contributed by atoms with Crippen LogP contribution >= 0.6 is 38.1 Å². The zero-order valence-corrected chi connectivity index (χ0v) is 30.6. The Bertz CT molecular complexity index is 1590. The van der Waals surface area contributed by atoms with Gasteiger partial charge in [0.1, 0.15) is 30.2 Å². The van der Waals surface area contributed by atoms with Crippen LogP contribution in [-0.2, 0) is 37.1 Å². The Labute approximate surface area is 277 Å². The van der Waals surface area contributed by atoms with Crippen molar-refractivity contribution in [2.24, 2.45) is 5.41 Å². The van der Waals surface area contributed by atoms with Gasteiger partial charge in [-0.1, -0.05) is 20.8 Å². The Kier molecular flexibility index (Phi) is 14.2. The highest BCUT2D eigenvalue weighted by atomic mass is 32.7. The van der Waals surface area contributed by atoms with Crippen LogP contribution in [-0.4, -0.2) is 111 Å². The smallest absolute Gasteiger partial charge is 0.386 e. The maximum Gasteiger partial charge on any atom is 0.470 e. The molecule has 21 nitrogen and oxygen atoms in total. The van der Waals surface area contributed by atoms with Crippen LogP contribution in [0.5, 0.6) is 0 Å². The fraction of sp³-hybridized carbons (Fsp3) is 0.682. The molecule has 272 valence electrons. The summed E-state index contributed by atoms with van der Waals surface area (Å²) in [4.78, 5) is 75.8. The van der Waals surface area contributed by atoms with Gasteiger partial charge in [0, 0.05) is 31.1 Å². The van der Waals surface area contributed by atoms with Gasteiger partial charge in [-0.15, -0.1) is 0 Å². The van der Waals surface area contributed by atoms with Gasteiger partial charge in [0.2, 0.25) is 18.6 Å². The molecule has 0 bridgehead atoms. The van der Waals surface area contributed by atoms with Crippen LogP contribution in [0.15, 0.2) is 12.7 Å². The fourth-order valence-electron chi connectivity index (χ4n) is 4.34. The van der Waals surface area contributed by atoms with E-state index in [1.165, 1.54) is 24.7 Å². The van der Waals surface area contributed by atoms with E-state index in [0.29, 0.717) is 6.54 Å². The van der Waals surface area contributed by atoms with Crippen molar-refractivity contribution in [2.45, 2.75) is 64.3 Å². The van der Waals surface area contributed by atoms with E-state index in [0.717, 1.165) is 12.7 Å². The first-order chi connectivity index (χ1) is 22.2. The van der Waals surface area contributed by atoms with Crippen LogP contribution in [0.3, 0.4) is 0 Å². The molecule has 10 N–H and O–H groups in total. The summed E-state index contributed by atoms with van der Waals surface area (Å²) in [5.74, 6) is -1.14. The number of aromatic nitrogens is 4. The first-order valence-corrected chi connectivity index (χ1v) is 23.7.